The fourth-order valence-electron chi connectivity index (χ4n) is 3.25. The second-order valence-corrected chi connectivity index (χ2v) is 8.05. The Balaban J connectivity index is 1.76. The first kappa shape index (κ1) is 19.7. The van der Waals surface area contributed by atoms with Gasteiger partial charge in [-0.2, -0.15) is 0 Å². The van der Waals surface area contributed by atoms with E-state index in [1.165, 1.54) is 17.7 Å². The topological polar surface area (TPSA) is 76.7 Å². The van der Waals surface area contributed by atoms with Crippen LogP contribution in [0.4, 0.5) is 0 Å². The van der Waals surface area contributed by atoms with E-state index in [9.17, 15) is 8.42 Å². The summed E-state index contributed by atoms with van der Waals surface area (Å²) in [4.78, 5) is 0.165. The molecule has 27 heavy (non-hydrogen) atoms. The molecule has 1 aliphatic rings. The van der Waals surface area contributed by atoms with Crippen molar-refractivity contribution in [1.82, 2.24) is 10.0 Å². The Morgan fingerprint density at radius 1 is 1.07 bits per heavy atom. The third kappa shape index (κ3) is 4.61. The van der Waals surface area contributed by atoms with Gasteiger partial charge in [-0.15, -0.1) is 0 Å². The molecule has 2 N–H and O–H groups in total. The van der Waals surface area contributed by atoms with Gasteiger partial charge in [0.15, 0.2) is 11.5 Å². The largest absolute Gasteiger partial charge is 0.490 e. The molecule has 0 saturated carbocycles. The molecule has 0 radical (unpaired) electrons. The van der Waals surface area contributed by atoms with E-state index in [1.807, 2.05) is 32.0 Å². The van der Waals surface area contributed by atoms with Gasteiger partial charge in [0.1, 0.15) is 0 Å². The van der Waals surface area contributed by atoms with Crippen molar-refractivity contribution in [3.05, 3.63) is 53.6 Å². The predicted octanol–water partition coefficient (Wildman–Crippen LogP) is 2.65. The summed E-state index contributed by atoms with van der Waals surface area (Å²) < 4.78 is 39.3. The molecule has 146 valence electrons. The van der Waals surface area contributed by atoms with E-state index < -0.39 is 10.0 Å². The highest BCUT2D eigenvalue weighted by atomic mass is 32.2. The Morgan fingerprint density at radius 3 is 2.59 bits per heavy atom. The average Bonchev–Trinajstić information content (AvgIpc) is 2.68. The highest BCUT2D eigenvalue weighted by Gasteiger charge is 2.23. The zero-order chi connectivity index (χ0) is 19.3. The van der Waals surface area contributed by atoms with Crippen LogP contribution in [0.3, 0.4) is 0 Å². The number of rotatable bonds is 8. The van der Waals surface area contributed by atoms with Crippen LogP contribution in [0.5, 0.6) is 11.5 Å². The Labute approximate surface area is 160 Å². The van der Waals surface area contributed by atoms with Crippen LogP contribution in [0, 0.1) is 0 Å². The minimum absolute atomic E-state index is 0.0428. The van der Waals surface area contributed by atoms with Crippen molar-refractivity contribution < 1.29 is 17.9 Å². The van der Waals surface area contributed by atoms with E-state index in [2.05, 4.69) is 16.1 Å². The SMILES string of the molecule is CCOc1ccc(S(=O)(=O)NCC2NCCc3ccccc32)cc1OCC. The highest BCUT2D eigenvalue weighted by Crippen LogP contribution is 2.30. The van der Waals surface area contributed by atoms with Crippen LogP contribution in [0.25, 0.3) is 0 Å². The minimum Gasteiger partial charge on any atom is -0.490 e. The maximum atomic E-state index is 12.8. The molecule has 0 saturated heterocycles. The lowest BCUT2D eigenvalue weighted by molar-refractivity contribution is 0.287. The quantitative estimate of drug-likeness (QED) is 0.725. The van der Waals surface area contributed by atoms with Crippen LogP contribution in [-0.2, 0) is 16.4 Å². The number of fused-ring (bicyclic) bond motifs is 1. The molecule has 6 nitrogen and oxygen atoms in total. The number of hydrogen-bond donors (Lipinski definition) is 2. The lowest BCUT2D eigenvalue weighted by Crippen LogP contribution is -2.38. The maximum Gasteiger partial charge on any atom is 0.240 e. The van der Waals surface area contributed by atoms with Gasteiger partial charge in [0.05, 0.1) is 18.1 Å². The smallest absolute Gasteiger partial charge is 0.240 e. The molecule has 1 aliphatic heterocycles. The number of nitrogens with one attached hydrogen (secondary N) is 2. The van der Waals surface area contributed by atoms with E-state index >= 15 is 0 Å². The molecular weight excluding hydrogens is 364 g/mol. The standard InChI is InChI=1S/C20H26N2O4S/c1-3-25-19-10-9-16(13-20(19)26-4-2)27(23,24)22-14-18-17-8-6-5-7-15(17)11-12-21-18/h5-10,13,18,21-22H,3-4,11-12,14H2,1-2H3. The summed E-state index contributed by atoms with van der Waals surface area (Å²) in [7, 11) is -3.66. The van der Waals surface area contributed by atoms with Crippen LogP contribution in [0.2, 0.25) is 0 Å². The molecule has 0 aromatic heterocycles. The Bertz CT molecular complexity index is 883. The monoisotopic (exact) mass is 390 g/mol. The number of sulfonamides is 1. The number of ether oxygens (including phenoxy) is 2. The molecule has 0 aliphatic carbocycles. The molecule has 0 spiro atoms. The van der Waals surface area contributed by atoms with Crippen LogP contribution < -0.4 is 19.5 Å². The third-order valence-electron chi connectivity index (χ3n) is 4.52. The zero-order valence-electron chi connectivity index (χ0n) is 15.7. The van der Waals surface area contributed by atoms with Crippen LogP contribution in [0.15, 0.2) is 47.4 Å². The molecule has 3 rings (SSSR count). The van der Waals surface area contributed by atoms with Crippen LogP contribution in [0.1, 0.15) is 31.0 Å². The first-order valence-corrected chi connectivity index (χ1v) is 10.7. The molecule has 0 bridgehead atoms. The molecule has 1 heterocycles. The molecule has 1 unspecified atom stereocenters. The van der Waals surface area contributed by atoms with Crippen molar-refractivity contribution in [3.63, 3.8) is 0 Å². The Morgan fingerprint density at radius 2 is 1.81 bits per heavy atom. The molecule has 2 aromatic carbocycles. The second-order valence-electron chi connectivity index (χ2n) is 6.28. The number of hydrogen-bond acceptors (Lipinski definition) is 5. The summed E-state index contributed by atoms with van der Waals surface area (Å²) >= 11 is 0. The van der Waals surface area contributed by atoms with Gasteiger partial charge in [0.2, 0.25) is 10.0 Å². The van der Waals surface area contributed by atoms with Crippen LogP contribution >= 0.6 is 0 Å². The van der Waals surface area contributed by atoms with Gasteiger partial charge in [-0.05, 0) is 50.1 Å². The minimum atomic E-state index is -3.66. The summed E-state index contributed by atoms with van der Waals surface area (Å²) in [5.74, 6) is 0.976. The maximum absolute atomic E-state index is 12.8. The van der Waals surface area contributed by atoms with Crippen molar-refractivity contribution >= 4 is 10.0 Å². The van der Waals surface area contributed by atoms with E-state index in [4.69, 9.17) is 9.47 Å². The molecule has 7 heteroatoms. The first-order valence-electron chi connectivity index (χ1n) is 9.25. The van der Waals surface area contributed by atoms with E-state index in [-0.39, 0.29) is 17.5 Å². The second kappa shape index (κ2) is 8.73. The summed E-state index contributed by atoms with van der Waals surface area (Å²) in [5, 5.41) is 3.39. The van der Waals surface area contributed by atoms with Gasteiger partial charge in [-0.25, -0.2) is 13.1 Å². The fourth-order valence-corrected chi connectivity index (χ4v) is 4.31. The predicted molar refractivity (Wildman–Crippen MR) is 105 cm³/mol. The lowest BCUT2D eigenvalue weighted by atomic mass is 9.95. The summed E-state index contributed by atoms with van der Waals surface area (Å²) in [5.41, 5.74) is 2.41. The molecule has 1 atom stereocenters. The van der Waals surface area contributed by atoms with Gasteiger partial charge < -0.3 is 14.8 Å². The van der Waals surface area contributed by atoms with Gasteiger partial charge in [-0.1, -0.05) is 24.3 Å². The van der Waals surface area contributed by atoms with E-state index in [1.54, 1.807) is 6.07 Å². The molecule has 0 fully saturated rings. The van der Waals surface area contributed by atoms with Gasteiger partial charge in [-0.3, -0.25) is 0 Å². The molecule has 2 aromatic rings. The van der Waals surface area contributed by atoms with Crippen molar-refractivity contribution in [3.8, 4) is 11.5 Å². The van der Waals surface area contributed by atoms with Gasteiger partial charge in [0, 0.05) is 18.7 Å². The highest BCUT2D eigenvalue weighted by molar-refractivity contribution is 7.89. The van der Waals surface area contributed by atoms with Crippen molar-refractivity contribution in [2.75, 3.05) is 26.3 Å². The van der Waals surface area contributed by atoms with E-state index in [0.717, 1.165) is 18.5 Å². The lowest BCUT2D eigenvalue weighted by Gasteiger charge is -2.27. The summed E-state index contributed by atoms with van der Waals surface area (Å²) in [6, 6.07) is 12.8. The molecule has 0 amide bonds. The first-order chi connectivity index (χ1) is 13.0. The Hall–Kier alpha value is -2.09. The van der Waals surface area contributed by atoms with E-state index in [0.29, 0.717) is 24.7 Å². The van der Waals surface area contributed by atoms with Crippen LogP contribution in [-0.4, -0.2) is 34.7 Å². The van der Waals surface area contributed by atoms with Gasteiger partial charge in [0.25, 0.3) is 0 Å². The van der Waals surface area contributed by atoms with Gasteiger partial charge >= 0.3 is 0 Å². The average molecular weight is 391 g/mol. The fraction of sp³-hybridized carbons (Fsp3) is 0.400. The summed E-state index contributed by atoms with van der Waals surface area (Å²) in [6.07, 6.45) is 0.954. The summed E-state index contributed by atoms with van der Waals surface area (Å²) in [6.45, 7) is 5.76. The number of benzene rings is 2. The zero-order valence-corrected chi connectivity index (χ0v) is 16.5. The van der Waals surface area contributed by atoms with Crippen molar-refractivity contribution in [2.24, 2.45) is 0 Å². The third-order valence-corrected chi connectivity index (χ3v) is 5.94. The van der Waals surface area contributed by atoms with Crippen molar-refractivity contribution in [2.45, 2.75) is 31.2 Å². The Kier molecular flexibility index (Phi) is 6.36. The van der Waals surface area contributed by atoms with Crippen molar-refractivity contribution in [1.29, 1.82) is 0 Å². The normalized spacial score (nSPS) is 16.6. The molecular formula is C20H26N2O4S.